The van der Waals surface area contributed by atoms with E-state index in [1.807, 2.05) is 36.3 Å². The first kappa shape index (κ1) is 14.4. The Hall–Kier alpha value is -2.18. The Balaban J connectivity index is 1.51. The smallest absolute Gasteiger partial charge is 0.139 e. The van der Waals surface area contributed by atoms with Gasteiger partial charge < -0.3 is 19.0 Å². The molecule has 0 aromatic carbocycles. The lowest BCUT2D eigenvalue weighted by molar-refractivity contribution is 0.0892. The van der Waals surface area contributed by atoms with Gasteiger partial charge in [0.25, 0.3) is 0 Å². The number of nitrogens with zero attached hydrogens (tertiary/aromatic N) is 4. The summed E-state index contributed by atoms with van der Waals surface area (Å²) in [5.74, 6) is 0.981. The molecule has 1 N–H and O–H groups in total. The van der Waals surface area contributed by atoms with Gasteiger partial charge in [-0.1, -0.05) is 6.07 Å². The molecule has 0 amide bonds. The number of fused-ring (bicyclic) bond motifs is 1. The minimum absolute atomic E-state index is 0.0101. The maximum atomic E-state index is 5.90. The highest BCUT2D eigenvalue weighted by molar-refractivity contribution is 5.41. The molecule has 0 bridgehead atoms. The molecule has 0 saturated carbocycles. The predicted octanol–water partition coefficient (Wildman–Crippen LogP) is 2.00. The van der Waals surface area contributed by atoms with Crippen LogP contribution in [-0.4, -0.2) is 31.6 Å². The zero-order chi connectivity index (χ0) is 15.8. The second-order valence-corrected chi connectivity index (χ2v) is 6.15. The number of hydrogen-bond acceptors (Lipinski definition) is 4. The van der Waals surface area contributed by atoms with E-state index in [4.69, 9.17) is 4.74 Å². The van der Waals surface area contributed by atoms with Gasteiger partial charge in [-0.3, -0.25) is 0 Å². The average Bonchev–Trinajstić information content (AvgIpc) is 3.24. The molecule has 4 heterocycles. The molecular weight excluding hydrogens is 290 g/mol. The minimum atomic E-state index is 0.0101. The molecule has 0 spiro atoms. The third-order valence-corrected chi connectivity index (χ3v) is 4.48. The molecule has 4 rings (SSSR count). The predicted molar refractivity (Wildman–Crippen MR) is 87.1 cm³/mol. The molecule has 120 valence electrons. The van der Waals surface area contributed by atoms with Gasteiger partial charge in [0.05, 0.1) is 11.9 Å². The third kappa shape index (κ3) is 2.64. The van der Waals surface area contributed by atoms with Gasteiger partial charge in [0.15, 0.2) is 0 Å². The number of pyridine rings is 1. The van der Waals surface area contributed by atoms with E-state index in [0.29, 0.717) is 0 Å². The molecule has 1 fully saturated rings. The normalized spacial score (nSPS) is 21.3. The molecule has 2 atom stereocenters. The van der Waals surface area contributed by atoms with E-state index in [1.54, 1.807) is 0 Å². The van der Waals surface area contributed by atoms with E-state index in [9.17, 15) is 0 Å². The zero-order valence-corrected chi connectivity index (χ0v) is 13.4. The topological polar surface area (TPSA) is 56.4 Å². The van der Waals surface area contributed by atoms with Crippen molar-refractivity contribution >= 4 is 5.65 Å². The first-order chi connectivity index (χ1) is 11.2. The fourth-order valence-corrected chi connectivity index (χ4v) is 3.21. The van der Waals surface area contributed by atoms with E-state index in [-0.39, 0.29) is 12.1 Å². The molecule has 3 aromatic heterocycles. The summed E-state index contributed by atoms with van der Waals surface area (Å²) < 4.78 is 10.1. The van der Waals surface area contributed by atoms with Gasteiger partial charge in [-0.15, -0.1) is 0 Å². The van der Waals surface area contributed by atoms with Crippen molar-refractivity contribution in [2.24, 2.45) is 7.05 Å². The Morgan fingerprint density at radius 2 is 2.26 bits per heavy atom. The number of aromatic nitrogens is 4. The fraction of sp³-hybridized carbons (Fsp3) is 0.412. The van der Waals surface area contributed by atoms with Crippen LogP contribution in [-0.2, 0) is 18.3 Å². The van der Waals surface area contributed by atoms with Gasteiger partial charge in [0, 0.05) is 44.8 Å². The molecule has 6 nitrogen and oxygen atoms in total. The molecule has 6 heteroatoms. The minimum Gasteiger partial charge on any atom is -0.369 e. The van der Waals surface area contributed by atoms with Gasteiger partial charge >= 0.3 is 0 Å². The van der Waals surface area contributed by atoms with Gasteiger partial charge in [-0.05, 0) is 25.0 Å². The molecule has 0 radical (unpaired) electrons. The maximum Gasteiger partial charge on any atom is 0.139 e. The summed E-state index contributed by atoms with van der Waals surface area (Å²) in [5.41, 5.74) is 3.37. The summed E-state index contributed by atoms with van der Waals surface area (Å²) in [5, 5.41) is 3.62. The van der Waals surface area contributed by atoms with Crippen LogP contribution in [0.2, 0.25) is 0 Å². The second kappa shape index (κ2) is 5.79. The lowest BCUT2D eigenvalue weighted by Crippen LogP contribution is -2.32. The van der Waals surface area contributed by atoms with E-state index in [1.165, 1.54) is 5.56 Å². The van der Waals surface area contributed by atoms with Gasteiger partial charge in [0.1, 0.15) is 17.6 Å². The Morgan fingerprint density at radius 3 is 3.09 bits per heavy atom. The van der Waals surface area contributed by atoms with Crippen molar-refractivity contribution in [3.63, 3.8) is 0 Å². The van der Waals surface area contributed by atoms with Crippen LogP contribution >= 0.6 is 0 Å². The molecule has 3 aromatic rings. The molecule has 0 aliphatic carbocycles. The number of hydrogen-bond donors (Lipinski definition) is 1. The van der Waals surface area contributed by atoms with Crippen molar-refractivity contribution in [3.8, 4) is 0 Å². The van der Waals surface area contributed by atoms with Crippen molar-refractivity contribution in [2.45, 2.75) is 32.0 Å². The molecular formula is C17H21N5O. The highest BCUT2D eigenvalue weighted by Crippen LogP contribution is 2.28. The van der Waals surface area contributed by atoms with Crippen LogP contribution in [0.1, 0.15) is 29.6 Å². The van der Waals surface area contributed by atoms with Crippen LogP contribution in [0, 0.1) is 6.92 Å². The largest absolute Gasteiger partial charge is 0.369 e. The zero-order valence-electron chi connectivity index (χ0n) is 13.4. The Bertz CT molecular complexity index is 821. The van der Waals surface area contributed by atoms with Gasteiger partial charge in [-0.25, -0.2) is 9.97 Å². The summed E-state index contributed by atoms with van der Waals surface area (Å²) in [7, 11) is 2.01. The first-order valence-electron chi connectivity index (χ1n) is 7.97. The van der Waals surface area contributed by atoms with Gasteiger partial charge in [0.2, 0.25) is 0 Å². The standard InChI is InChI=1S/C17H21N5O/c1-12-3-4-15-20-10-13(22(15)11-12)9-19-14-5-8-23-16(14)17-18-6-7-21(17)2/h3-4,6-7,10-11,14,16,19H,5,8-9H2,1-2H3/t14-,16-/m0/s1. The maximum absolute atomic E-state index is 5.90. The average molecular weight is 311 g/mol. The highest BCUT2D eigenvalue weighted by atomic mass is 16.5. The fourth-order valence-electron chi connectivity index (χ4n) is 3.21. The number of imidazole rings is 2. The lowest BCUT2D eigenvalue weighted by Gasteiger charge is -2.19. The van der Waals surface area contributed by atoms with Crippen LogP contribution in [0.4, 0.5) is 0 Å². The van der Waals surface area contributed by atoms with Crippen molar-refractivity contribution in [1.82, 2.24) is 24.3 Å². The Morgan fingerprint density at radius 1 is 1.35 bits per heavy atom. The first-order valence-corrected chi connectivity index (χ1v) is 7.97. The number of nitrogens with one attached hydrogen (secondary N) is 1. The summed E-state index contributed by atoms with van der Waals surface area (Å²) in [4.78, 5) is 8.90. The summed E-state index contributed by atoms with van der Waals surface area (Å²) in [6, 6.07) is 4.40. The van der Waals surface area contributed by atoms with Crippen molar-refractivity contribution in [2.75, 3.05) is 6.61 Å². The molecule has 1 aliphatic heterocycles. The third-order valence-electron chi connectivity index (χ3n) is 4.48. The van der Waals surface area contributed by atoms with Crippen molar-refractivity contribution < 1.29 is 4.74 Å². The monoisotopic (exact) mass is 311 g/mol. The summed E-state index contributed by atoms with van der Waals surface area (Å²) in [6.45, 7) is 3.62. The van der Waals surface area contributed by atoms with Crippen LogP contribution in [0.15, 0.2) is 36.9 Å². The Labute approximate surface area is 135 Å². The number of aryl methyl sites for hydroxylation is 2. The van der Waals surface area contributed by atoms with Crippen molar-refractivity contribution in [1.29, 1.82) is 0 Å². The number of rotatable bonds is 4. The highest BCUT2D eigenvalue weighted by Gasteiger charge is 2.32. The molecule has 0 unspecified atom stereocenters. The van der Waals surface area contributed by atoms with E-state index < -0.39 is 0 Å². The summed E-state index contributed by atoms with van der Waals surface area (Å²) >= 11 is 0. The quantitative estimate of drug-likeness (QED) is 0.800. The van der Waals surface area contributed by atoms with E-state index in [0.717, 1.165) is 36.7 Å². The van der Waals surface area contributed by atoms with Gasteiger partial charge in [-0.2, -0.15) is 0 Å². The lowest BCUT2D eigenvalue weighted by atomic mass is 10.1. The number of ether oxygens (including phenoxy) is 1. The second-order valence-electron chi connectivity index (χ2n) is 6.15. The van der Waals surface area contributed by atoms with Crippen LogP contribution < -0.4 is 5.32 Å². The summed E-state index contributed by atoms with van der Waals surface area (Å²) in [6.07, 6.45) is 8.85. The van der Waals surface area contributed by atoms with Crippen molar-refractivity contribution in [3.05, 3.63) is 54.0 Å². The molecule has 1 saturated heterocycles. The Kier molecular flexibility index (Phi) is 3.63. The van der Waals surface area contributed by atoms with E-state index >= 15 is 0 Å². The van der Waals surface area contributed by atoms with Crippen LogP contribution in [0.25, 0.3) is 5.65 Å². The SMILES string of the molecule is Cc1ccc2ncc(CN[C@H]3CCO[C@@H]3c3nccn3C)n2c1. The molecule has 1 aliphatic rings. The van der Waals surface area contributed by atoms with Crippen LogP contribution in [0.5, 0.6) is 0 Å². The molecule has 23 heavy (non-hydrogen) atoms. The van der Waals surface area contributed by atoms with E-state index in [2.05, 4.69) is 38.9 Å². The van der Waals surface area contributed by atoms with Crippen LogP contribution in [0.3, 0.4) is 0 Å².